The van der Waals surface area contributed by atoms with Gasteiger partial charge in [0.05, 0.1) is 12.6 Å². The molecule has 0 unspecified atom stereocenters. The summed E-state index contributed by atoms with van der Waals surface area (Å²) < 4.78 is 17.9. The Hall–Kier alpha value is -3.83. The number of rotatable bonds is 6. The fourth-order valence-corrected chi connectivity index (χ4v) is 4.15. The van der Waals surface area contributed by atoms with E-state index in [1.165, 1.54) is 5.56 Å². The molecule has 1 aromatic heterocycles. The Bertz CT molecular complexity index is 1300. The lowest BCUT2D eigenvalue weighted by Gasteiger charge is -2.16. The maximum Gasteiger partial charge on any atom is 0.201 e. The zero-order valence-electron chi connectivity index (χ0n) is 18.5. The largest absolute Gasteiger partial charge is 0.468 e. The van der Waals surface area contributed by atoms with Crippen LogP contribution in [0.2, 0.25) is 0 Å². The number of ether oxygens (including phenoxy) is 2. The van der Waals surface area contributed by atoms with Crippen LogP contribution in [0.15, 0.2) is 95.5 Å². The number of hydrogen-bond acceptors (Lipinski definition) is 5. The molecule has 1 aliphatic heterocycles. The van der Waals surface area contributed by atoms with Gasteiger partial charge in [0.25, 0.3) is 0 Å². The summed E-state index contributed by atoms with van der Waals surface area (Å²) in [4.78, 5) is 0. The average Bonchev–Trinajstić information content (AvgIpc) is 3.49. The third-order valence-electron chi connectivity index (χ3n) is 5.76. The van der Waals surface area contributed by atoms with E-state index in [0.29, 0.717) is 17.9 Å². The summed E-state index contributed by atoms with van der Waals surface area (Å²) in [5.41, 5.74) is 4.70. The van der Waals surface area contributed by atoms with Crippen molar-refractivity contribution in [2.45, 2.75) is 18.6 Å². The highest BCUT2D eigenvalue weighted by molar-refractivity contribution is 5.63. The summed E-state index contributed by atoms with van der Waals surface area (Å²) in [5.74, 6) is 0.658. The van der Waals surface area contributed by atoms with Gasteiger partial charge in [-0.05, 0) is 23.6 Å². The number of benzene rings is 3. The van der Waals surface area contributed by atoms with Gasteiger partial charge in [-0.1, -0.05) is 96.2 Å². The summed E-state index contributed by atoms with van der Waals surface area (Å²) >= 11 is 0. The highest BCUT2D eigenvalue weighted by Gasteiger charge is 2.34. The predicted octanol–water partition coefficient (Wildman–Crippen LogP) is 3.81. The Morgan fingerprint density at radius 2 is 1.58 bits per heavy atom. The van der Waals surface area contributed by atoms with Crippen molar-refractivity contribution in [1.29, 1.82) is 0 Å². The van der Waals surface area contributed by atoms with E-state index in [4.69, 9.17) is 14.0 Å². The molecular weight excluding hydrogens is 412 g/mol. The third-order valence-corrected chi connectivity index (χ3v) is 5.76. The molecule has 33 heavy (non-hydrogen) atoms. The summed E-state index contributed by atoms with van der Waals surface area (Å²) in [6.07, 6.45) is 2.61. The van der Waals surface area contributed by atoms with Crippen molar-refractivity contribution in [3.63, 3.8) is 0 Å². The molecule has 1 saturated heterocycles. The molecule has 5 heteroatoms. The summed E-state index contributed by atoms with van der Waals surface area (Å²) in [7, 11) is 1.70. The molecule has 2 atom stereocenters. The van der Waals surface area contributed by atoms with Gasteiger partial charge in [-0.15, -0.1) is 0 Å². The minimum absolute atomic E-state index is 0.0344. The minimum Gasteiger partial charge on any atom is -0.468 e. The van der Waals surface area contributed by atoms with Crippen LogP contribution in [0.4, 0.5) is 0 Å². The normalized spacial score (nSPS) is 19.8. The fraction of sp³-hybridized carbons (Fsp3) is 0.179. The van der Waals surface area contributed by atoms with E-state index in [-0.39, 0.29) is 12.1 Å². The van der Waals surface area contributed by atoms with Crippen LogP contribution in [0, 0.1) is 0 Å². The van der Waals surface area contributed by atoms with Crippen molar-refractivity contribution < 1.29 is 14.0 Å². The van der Waals surface area contributed by atoms with Crippen LogP contribution in [0.1, 0.15) is 17.2 Å². The highest BCUT2D eigenvalue weighted by Crippen LogP contribution is 2.30. The van der Waals surface area contributed by atoms with Crippen LogP contribution in [0.3, 0.4) is 0 Å². The molecule has 0 saturated carbocycles. The van der Waals surface area contributed by atoms with Gasteiger partial charge in [0.1, 0.15) is 17.0 Å². The van der Waals surface area contributed by atoms with Crippen LogP contribution < -0.4 is 16.0 Å². The predicted molar refractivity (Wildman–Crippen MR) is 128 cm³/mol. The second kappa shape index (κ2) is 9.76. The second-order valence-electron chi connectivity index (χ2n) is 8.01. The number of methoxy groups -OCH3 is 1. The monoisotopic (exact) mass is 438 g/mol. The molecule has 1 aliphatic rings. The molecule has 1 N–H and O–H groups in total. The molecule has 1 fully saturated rings. The van der Waals surface area contributed by atoms with Gasteiger partial charge in [-0.2, -0.15) is 0 Å². The van der Waals surface area contributed by atoms with E-state index in [9.17, 15) is 0 Å². The van der Waals surface area contributed by atoms with Gasteiger partial charge < -0.3 is 19.3 Å². The van der Waals surface area contributed by atoms with Crippen molar-refractivity contribution >= 4 is 12.0 Å². The first-order valence-corrected chi connectivity index (χ1v) is 11.1. The van der Waals surface area contributed by atoms with Crippen LogP contribution in [-0.2, 0) is 15.9 Å². The highest BCUT2D eigenvalue weighted by atomic mass is 16.5. The zero-order chi connectivity index (χ0) is 22.5. The van der Waals surface area contributed by atoms with Crippen molar-refractivity contribution in [2.75, 3.05) is 13.7 Å². The molecule has 0 amide bonds. The topological polar surface area (TPSA) is 56.5 Å². The Balaban J connectivity index is 1.64. The Labute approximate surface area is 193 Å². The maximum absolute atomic E-state index is 6.52. The number of aromatic nitrogens is 1. The van der Waals surface area contributed by atoms with E-state index >= 15 is 0 Å². The van der Waals surface area contributed by atoms with E-state index in [1.54, 1.807) is 7.11 Å². The Morgan fingerprint density at radius 1 is 0.909 bits per heavy atom. The molecule has 0 radical (unpaired) electrons. The first-order valence-electron chi connectivity index (χ1n) is 11.1. The number of nitrogens with zero attached hydrogens (tertiary/aromatic N) is 1. The molecular formula is C28H26N2O3. The zero-order valence-corrected chi connectivity index (χ0v) is 18.5. The van der Waals surface area contributed by atoms with Gasteiger partial charge in [-0.3, -0.25) is 0 Å². The molecule has 3 aromatic carbocycles. The number of hydrogen-bond donors (Lipinski definition) is 1. The van der Waals surface area contributed by atoms with Gasteiger partial charge >= 0.3 is 0 Å². The van der Waals surface area contributed by atoms with Crippen LogP contribution >= 0.6 is 0 Å². The van der Waals surface area contributed by atoms with Crippen LogP contribution in [-0.4, -0.2) is 24.9 Å². The van der Waals surface area contributed by atoms with Gasteiger partial charge in [-0.25, -0.2) is 0 Å². The molecule has 5 nitrogen and oxygen atoms in total. The van der Waals surface area contributed by atoms with Crippen LogP contribution in [0.5, 0.6) is 0 Å². The molecule has 166 valence electrons. The lowest BCUT2D eigenvalue weighted by atomic mass is 10.0. The summed E-state index contributed by atoms with van der Waals surface area (Å²) in [6.45, 7) is 0.512. The van der Waals surface area contributed by atoms with E-state index in [0.717, 1.165) is 28.5 Å². The standard InChI is InChI=1S/C28H26N2O3/c1-31-19-23-27(22-15-9-4-10-16-22)32-28(29-23)25-24(18-17-20-11-5-2-6-12-20)33-30-26(25)21-13-7-3-8-14-21/h2-16,18,23,27,29H,17,19H2,1H3/b24-18-,28-25-/t23-,27-/m0/s1. The smallest absolute Gasteiger partial charge is 0.201 e. The van der Waals surface area contributed by atoms with E-state index < -0.39 is 0 Å². The Kier molecular flexibility index (Phi) is 6.22. The summed E-state index contributed by atoms with van der Waals surface area (Å²) in [5, 5.41) is 8.81. The van der Waals surface area contributed by atoms with E-state index in [1.807, 2.05) is 66.7 Å². The molecule has 0 spiro atoms. The fourth-order valence-electron chi connectivity index (χ4n) is 4.15. The van der Waals surface area contributed by atoms with Crippen molar-refractivity contribution in [3.8, 4) is 11.3 Å². The number of nitrogens with one attached hydrogen (secondary N) is 1. The minimum atomic E-state index is -0.179. The van der Waals surface area contributed by atoms with Gasteiger partial charge in [0, 0.05) is 12.7 Å². The summed E-state index contributed by atoms with van der Waals surface area (Å²) in [6, 6.07) is 30.5. The average molecular weight is 439 g/mol. The third kappa shape index (κ3) is 4.54. The lowest BCUT2D eigenvalue weighted by molar-refractivity contribution is 0.118. The van der Waals surface area contributed by atoms with Crippen LogP contribution in [0.25, 0.3) is 23.2 Å². The molecule has 0 bridgehead atoms. The van der Waals surface area contributed by atoms with Crippen molar-refractivity contribution in [1.82, 2.24) is 10.5 Å². The van der Waals surface area contributed by atoms with Crippen molar-refractivity contribution in [3.05, 3.63) is 113 Å². The van der Waals surface area contributed by atoms with Gasteiger partial charge in [0.2, 0.25) is 5.88 Å². The van der Waals surface area contributed by atoms with Gasteiger partial charge in [0.15, 0.2) is 5.42 Å². The SMILES string of the molecule is COC[C@@H]1N/C(=c2/c(-c3ccccc3)no/c2=C\Cc2ccccc2)O[C@H]1c1ccccc1. The molecule has 0 aliphatic carbocycles. The van der Waals surface area contributed by atoms with Crippen molar-refractivity contribution in [2.24, 2.45) is 0 Å². The molecule has 5 rings (SSSR count). The molecule has 2 heterocycles. The second-order valence-corrected chi connectivity index (χ2v) is 8.01. The quantitative estimate of drug-likeness (QED) is 0.496. The lowest BCUT2D eigenvalue weighted by Crippen LogP contribution is -2.34. The first kappa shape index (κ1) is 21.0. The first-order chi connectivity index (χ1) is 16.3. The molecule has 4 aromatic rings. The van der Waals surface area contributed by atoms with E-state index in [2.05, 4.69) is 40.8 Å². The maximum atomic E-state index is 6.52. The Morgan fingerprint density at radius 3 is 2.27 bits per heavy atom.